The molecule has 0 saturated heterocycles. The van der Waals surface area contributed by atoms with Crippen LogP contribution in [0.2, 0.25) is 0 Å². The minimum absolute atomic E-state index is 0.00421. The molecule has 0 radical (unpaired) electrons. The van der Waals surface area contributed by atoms with Crippen LogP contribution in [0.25, 0.3) is 0 Å². The van der Waals surface area contributed by atoms with Gasteiger partial charge in [0.05, 0.1) is 12.0 Å². The first kappa shape index (κ1) is 12.6. The maximum atomic E-state index is 12.1. The second-order valence-electron chi connectivity index (χ2n) is 4.61. The third-order valence-corrected chi connectivity index (χ3v) is 3.35. The molecule has 1 aliphatic rings. The topological polar surface area (TPSA) is 58.7 Å². The lowest BCUT2D eigenvalue weighted by molar-refractivity contribution is -0.133. The van der Waals surface area contributed by atoms with Crippen LogP contribution < -0.4 is 0 Å². The number of hydrogen-bond donors (Lipinski definition) is 0. The van der Waals surface area contributed by atoms with Crippen molar-refractivity contribution in [2.75, 3.05) is 0 Å². The summed E-state index contributed by atoms with van der Waals surface area (Å²) in [7, 11) is 0. The minimum atomic E-state index is -0.152. The highest BCUT2D eigenvalue weighted by molar-refractivity contribution is 6.03. The van der Waals surface area contributed by atoms with Crippen molar-refractivity contribution >= 4 is 11.6 Å². The predicted octanol–water partition coefficient (Wildman–Crippen LogP) is 2.76. The Balaban J connectivity index is 1.93. The van der Waals surface area contributed by atoms with E-state index < -0.39 is 0 Å². The van der Waals surface area contributed by atoms with E-state index >= 15 is 0 Å². The largest absolute Gasteiger partial charge is 0.467 e. The molecule has 1 aliphatic heterocycles. The number of pyridine rings is 1. The van der Waals surface area contributed by atoms with Crippen molar-refractivity contribution in [1.82, 2.24) is 9.99 Å². The van der Waals surface area contributed by atoms with Crippen LogP contribution in [0.1, 0.15) is 37.1 Å². The van der Waals surface area contributed by atoms with Crippen LogP contribution >= 0.6 is 0 Å². The number of carbonyl (C=O) groups excluding carboxylic acids is 1. The maximum absolute atomic E-state index is 12.1. The van der Waals surface area contributed by atoms with Gasteiger partial charge in [-0.25, -0.2) is 5.01 Å². The molecule has 102 valence electrons. The lowest BCUT2D eigenvalue weighted by Crippen LogP contribution is -2.25. The second-order valence-corrected chi connectivity index (χ2v) is 4.61. The summed E-state index contributed by atoms with van der Waals surface area (Å²) in [6, 6.07) is 7.36. The summed E-state index contributed by atoms with van der Waals surface area (Å²) in [6.07, 6.45) is 6.15. The molecule has 0 bridgehead atoms. The highest BCUT2D eigenvalue weighted by Crippen LogP contribution is 2.33. The molecule has 3 rings (SSSR count). The van der Waals surface area contributed by atoms with Gasteiger partial charge in [0.15, 0.2) is 0 Å². The lowest BCUT2D eigenvalue weighted by Gasteiger charge is -2.18. The highest BCUT2D eigenvalue weighted by Gasteiger charge is 2.33. The van der Waals surface area contributed by atoms with E-state index in [0.717, 1.165) is 17.0 Å². The highest BCUT2D eigenvalue weighted by atomic mass is 16.3. The van der Waals surface area contributed by atoms with Gasteiger partial charge in [-0.3, -0.25) is 9.78 Å². The number of aromatic nitrogens is 1. The number of carbonyl (C=O) groups is 1. The zero-order chi connectivity index (χ0) is 13.9. The molecule has 0 N–H and O–H groups in total. The van der Waals surface area contributed by atoms with Gasteiger partial charge < -0.3 is 4.42 Å². The van der Waals surface area contributed by atoms with Crippen LogP contribution in [0, 0.1) is 0 Å². The first-order chi connectivity index (χ1) is 9.79. The molecule has 5 nitrogen and oxygen atoms in total. The van der Waals surface area contributed by atoms with Crippen LogP contribution in [0.4, 0.5) is 0 Å². The molecule has 20 heavy (non-hydrogen) atoms. The predicted molar refractivity (Wildman–Crippen MR) is 74.0 cm³/mol. The molecule has 2 aromatic heterocycles. The molecular formula is C15H15N3O2. The number of amides is 1. The van der Waals surface area contributed by atoms with E-state index in [1.165, 1.54) is 5.01 Å². The summed E-state index contributed by atoms with van der Waals surface area (Å²) in [5.74, 6) is 0.759. The Morgan fingerprint density at radius 1 is 1.40 bits per heavy atom. The number of nitrogens with zero attached hydrogens (tertiary/aromatic N) is 3. The monoisotopic (exact) mass is 269 g/mol. The molecule has 0 aliphatic carbocycles. The summed E-state index contributed by atoms with van der Waals surface area (Å²) < 4.78 is 5.45. The zero-order valence-electron chi connectivity index (χ0n) is 11.2. The van der Waals surface area contributed by atoms with Gasteiger partial charge in [-0.2, -0.15) is 5.10 Å². The quantitative estimate of drug-likeness (QED) is 0.860. The Labute approximate surface area is 116 Å². The number of rotatable bonds is 3. The van der Waals surface area contributed by atoms with Crippen LogP contribution in [-0.4, -0.2) is 21.6 Å². The van der Waals surface area contributed by atoms with E-state index in [0.29, 0.717) is 12.8 Å². The fourth-order valence-electron chi connectivity index (χ4n) is 2.32. The fraction of sp³-hybridized carbons (Fsp3) is 0.267. The standard InChI is InChI=1S/C15H15N3O2/c1-2-15(19)18-13(14-4-3-9-20-14)10-12(17-18)11-5-7-16-8-6-11/h3-9,13H,2,10H2,1H3. The molecule has 0 fully saturated rings. The molecule has 3 heterocycles. The first-order valence-electron chi connectivity index (χ1n) is 6.63. The van der Waals surface area contributed by atoms with Crippen molar-refractivity contribution in [3.8, 4) is 0 Å². The molecule has 0 spiro atoms. The van der Waals surface area contributed by atoms with E-state index in [4.69, 9.17) is 4.42 Å². The Kier molecular flexibility index (Phi) is 3.33. The minimum Gasteiger partial charge on any atom is -0.467 e. The molecule has 5 heteroatoms. The second kappa shape index (κ2) is 5.28. The van der Waals surface area contributed by atoms with Crippen LogP contribution in [0.3, 0.4) is 0 Å². The van der Waals surface area contributed by atoms with Crippen LogP contribution in [0.15, 0.2) is 52.4 Å². The number of furan rings is 1. The van der Waals surface area contributed by atoms with E-state index in [9.17, 15) is 4.79 Å². The maximum Gasteiger partial charge on any atom is 0.243 e. The summed E-state index contributed by atoms with van der Waals surface area (Å²) in [6.45, 7) is 1.83. The van der Waals surface area contributed by atoms with Gasteiger partial charge >= 0.3 is 0 Å². The van der Waals surface area contributed by atoms with Crippen molar-refractivity contribution in [2.24, 2.45) is 5.10 Å². The van der Waals surface area contributed by atoms with E-state index in [2.05, 4.69) is 10.1 Å². The Morgan fingerprint density at radius 2 is 2.20 bits per heavy atom. The zero-order valence-corrected chi connectivity index (χ0v) is 11.2. The molecular weight excluding hydrogens is 254 g/mol. The van der Waals surface area contributed by atoms with Gasteiger partial charge in [0.2, 0.25) is 5.91 Å². The molecule has 1 unspecified atom stereocenters. The van der Waals surface area contributed by atoms with Gasteiger partial charge in [0.1, 0.15) is 11.8 Å². The lowest BCUT2D eigenvalue weighted by atomic mass is 10.0. The van der Waals surface area contributed by atoms with E-state index in [-0.39, 0.29) is 11.9 Å². The van der Waals surface area contributed by atoms with Crippen molar-refractivity contribution in [3.05, 3.63) is 54.2 Å². The van der Waals surface area contributed by atoms with Crippen molar-refractivity contribution in [2.45, 2.75) is 25.8 Å². The van der Waals surface area contributed by atoms with Gasteiger partial charge in [-0.1, -0.05) is 6.92 Å². The smallest absolute Gasteiger partial charge is 0.243 e. The third kappa shape index (κ3) is 2.22. The van der Waals surface area contributed by atoms with E-state index in [1.54, 1.807) is 18.7 Å². The van der Waals surface area contributed by atoms with Crippen LogP contribution in [-0.2, 0) is 4.79 Å². The van der Waals surface area contributed by atoms with Crippen LogP contribution in [0.5, 0.6) is 0 Å². The van der Waals surface area contributed by atoms with Crippen molar-refractivity contribution in [1.29, 1.82) is 0 Å². The SMILES string of the molecule is CCC(=O)N1N=C(c2ccncc2)CC1c1ccco1. The van der Waals surface area contributed by atoms with Gasteiger partial charge in [-0.15, -0.1) is 0 Å². The van der Waals surface area contributed by atoms with E-state index in [1.807, 2.05) is 31.2 Å². The molecule has 0 saturated carbocycles. The summed E-state index contributed by atoms with van der Waals surface area (Å²) in [4.78, 5) is 16.1. The number of hydrazone groups is 1. The van der Waals surface area contributed by atoms with Gasteiger partial charge in [-0.05, 0) is 24.3 Å². The first-order valence-corrected chi connectivity index (χ1v) is 6.63. The summed E-state index contributed by atoms with van der Waals surface area (Å²) in [5.41, 5.74) is 1.87. The fourth-order valence-corrected chi connectivity index (χ4v) is 2.32. The average Bonchev–Trinajstić information content (AvgIpc) is 3.16. The molecule has 1 amide bonds. The summed E-state index contributed by atoms with van der Waals surface area (Å²) in [5, 5.41) is 6.02. The molecule has 0 aromatic carbocycles. The van der Waals surface area contributed by atoms with Crippen molar-refractivity contribution in [3.63, 3.8) is 0 Å². The van der Waals surface area contributed by atoms with Crippen molar-refractivity contribution < 1.29 is 9.21 Å². The third-order valence-electron chi connectivity index (χ3n) is 3.35. The number of hydrogen-bond acceptors (Lipinski definition) is 4. The average molecular weight is 269 g/mol. The van der Waals surface area contributed by atoms with Gasteiger partial charge in [0, 0.05) is 30.8 Å². The normalized spacial score (nSPS) is 18.1. The Morgan fingerprint density at radius 3 is 2.85 bits per heavy atom. The Hall–Kier alpha value is -2.43. The molecule has 2 aromatic rings. The Bertz CT molecular complexity index is 620. The molecule has 1 atom stereocenters. The van der Waals surface area contributed by atoms with Gasteiger partial charge in [0.25, 0.3) is 0 Å². The summed E-state index contributed by atoms with van der Waals surface area (Å²) >= 11 is 0.